The van der Waals surface area contributed by atoms with Gasteiger partial charge in [0.05, 0.1) is 49.3 Å². The van der Waals surface area contributed by atoms with Crippen LogP contribution in [0.4, 0.5) is 5.95 Å². The van der Waals surface area contributed by atoms with Gasteiger partial charge in [0.2, 0.25) is 16.0 Å². The molecule has 33 heavy (non-hydrogen) atoms. The molecule has 0 spiro atoms. The van der Waals surface area contributed by atoms with E-state index in [9.17, 15) is 8.42 Å². The molecular weight excluding hydrogens is 442 g/mol. The predicted molar refractivity (Wildman–Crippen MR) is 125 cm³/mol. The van der Waals surface area contributed by atoms with Crippen LogP contribution >= 0.6 is 0 Å². The Morgan fingerprint density at radius 1 is 1.12 bits per heavy atom. The Kier molecular flexibility index (Phi) is 4.93. The van der Waals surface area contributed by atoms with Crippen molar-refractivity contribution in [2.45, 2.75) is 19.0 Å². The van der Waals surface area contributed by atoms with Crippen molar-refractivity contribution in [1.82, 2.24) is 24.1 Å². The van der Waals surface area contributed by atoms with E-state index in [0.29, 0.717) is 45.2 Å². The van der Waals surface area contributed by atoms with Crippen molar-refractivity contribution in [3.05, 3.63) is 35.5 Å². The van der Waals surface area contributed by atoms with Gasteiger partial charge >= 0.3 is 0 Å². The van der Waals surface area contributed by atoms with Gasteiger partial charge in [0.15, 0.2) is 5.65 Å². The number of nitrogens with zero attached hydrogens (tertiary/aromatic N) is 7. The van der Waals surface area contributed by atoms with Gasteiger partial charge in [0.25, 0.3) is 0 Å². The summed E-state index contributed by atoms with van der Waals surface area (Å²) in [5, 5.41) is 5.54. The molecule has 3 aliphatic heterocycles. The van der Waals surface area contributed by atoms with Gasteiger partial charge in [-0.2, -0.15) is 14.4 Å². The molecule has 0 radical (unpaired) electrons. The van der Waals surface area contributed by atoms with Crippen molar-refractivity contribution in [3.8, 4) is 11.3 Å². The van der Waals surface area contributed by atoms with E-state index in [1.807, 2.05) is 23.2 Å². The maximum absolute atomic E-state index is 12.1. The summed E-state index contributed by atoms with van der Waals surface area (Å²) in [5.74, 6) is 0.646. The molecule has 11 heteroatoms. The molecule has 6 rings (SSSR count). The highest BCUT2D eigenvalue weighted by molar-refractivity contribution is 7.88. The lowest BCUT2D eigenvalue weighted by molar-refractivity contribution is 0.122. The average molecular weight is 468 g/mol. The Morgan fingerprint density at radius 3 is 2.76 bits per heavy atom. The molecule has 1 unspecified atom stereocenters. The smallest absolute Gasteiger partial charge is 0.228 e. The van der Waals surface area contributed by atoms with Crippen LogP contribution in [0.1, 0.15) is 23.6 Å². The number of aliphatic imine (C=N–C) groups is 1. The molecule has 3 aliphatic rings. The molecule has 0 aliphatic carbocycles. The maximum atomic E-state index is 12.1. The van der Waals surface area contributed by atoms with E-state index < -0.39 is 10.0 Å². The van der Waals surface area contributed by atoms with Gasteiger partial charge in [-0.3, -0.25) is 4.99 Å². The fraction of sp³-hybridized carbons (Fsp3) is 0.455. The second kappa shape index (κ2) is 7.86. The number of benzene rings is 1. The van der Waals surface area contributed by atoms with E-state index in [4.69, 9.17) is 14.7 Å². The van der Waals surface area contributed by atoms with Gasteiger partial charge in [0, 0.05) is 43.5 Å². The van der Waals surface area contributed by atoms with Gasteiger partial charge in [0.1, 0.15) is 0 Å². The summed E-state index contributed by atoms with van der Waals surface area (Å²) in [7, 11) is -3.24. The lowest BCUT2D eigenvalue weighted by Crippen LogP contribution is -2.37. The molecule has 0 N–H and O–H groups in total. The van der Waals surface area contributed by atoms with Crippen molar-refractivity contribution >= 4 is 33.2 Å². The number of anilines is 1. The zero-order chi connectivity index (χ0) is 22.6. The fourth-order valence-corrected chi connectivity index (χ4v) is 5.73. The van der Waals surface area contributed by atoms with Gasteiger partial charge in [-0.1, -0.05) is 18.2 Å². The van der Waals surface area contributed by atoms with Crippen molar-refractivity contribution < 1.29 is 13.2 Å². The Labute approximate surface area is 192 Å². The number of aromatic nitrogens is 4. The quantitative estimate of drug-likeness (QED) is 0.572. The molecule has 1 aromatic carbocycles. The van der Waals surface area contributed by atoms with Crippen LogP contribution in [0, 0.1) is 0 Å². The number of hydrogen-bond donors (Lipinski definition) is 0. The summed E-state index contributed by atoms with van der Waals surface area (Å²) in [6.45, 7) is 4.27. The van der Waals surface area contributed by atoms with Crippen LogP contribution in [0.3, 0.4) is 0 Å². The average Bonchev–Trinajstić information content (AvgIpc) is 3.57. The minimum atomic E-state index is -3.24. The number of ether oxygens (including phenoxy) is 1. The molecule has 0 saturated carbocycles. The second-order valence-corrected chi connectivity index (χ2v) is 10.7. The third-order valence-electron chi connectivity index (χ3n) is 6.61. The van der Waals surface area contributed by atoms with Crippen LogP contribution in [0.2, 0.25) is 0 Å². The first-order valence-electron chi connectivity index (χ1n) is 11.1. The first kappa shape index (κ1) is 20.7. The molecule has 1 atom stereocenters. The fourth-order valence-electron chi connectivity index (χ4n) is 4.85. The molecule has 2 saturated heterocycles. The van der Waals surface area contributed by atoms with Crippen LogP contribution < -0.4 is 4.90 Å². The van der Waals surface area contributed by atoms with Crippen LogP contribution in [0.15, 0.2) is 29.4 Å². The summed E-state index contributed by atoms with van der Waals surface area (Å²) in [5.41, 5.74) is 4.84. The second-order valence-electron chi connectivity index (χ2n) is 8.71. The normalized spacial score (nSPS) is 21.2. The molecule has 10 nitrogen and oxygen atoms in total. The topological polar surface area (TPSA) is 106 Å². The first-order chi connectivity index (χ1) is 16.0. The molecule has 0 amide bonds. The Morgan fingerprint density at radius 2 is 1.97 bits per heavy atom. The summed E-state index contributed by atoms with van der Waals surface area (Å²) < 4.78 is 33.0. The molecule has 3 aromatic rings. The highest BCUT2D eigenvalue weighted by Crippen LogP contribution is 2.35. The van der Waals surface area contributed by atoms with E-state index in [0.717, 1.165) is 40.9 Å². The van der Waals surface area contributed by atoms with Crippen LogP contribution in [-0.2, 0) is 21.3 Å². The van der Waals surface area contributed by atoms with E-state index in [2.05, 4.69) is 27.1 Å². The Bertz CT molecular complexity index is 1360. The van der Waals surface area contributed by atoms with E-state index in [-0.39, 0.29) is 6.04 Å². The van der Waals surface area contributed by atoms with Crippen molar-refractivity contribution in [2.75, 3.05) is 50.5 Å². The van der Waals surface area contributed by atoms with Crippen molar-refractivity contribution in [3.63, 3.8) is 0 Å². The number of hydrogen-bond acceptors (Lipinski definition) is 8. The zero-order valence-electron chi connectivity index (χ0n) is 18.4. The molecule has 5 heterocycles. The zero-order valence-corrected chi connectivity index (χ0v) is 19.2. The molecule has 172 valence electrons. The van der Waals surface area contributed by atoms with Gasteiger partial charge in [-0.05, 0) is 12.0 Å². The summed E-state index contributed by atoms with van der Waals surface area (Å²) in [4.78, 5) is 16.5. The lowest BCUT2D eigenvalue weighted by Gasteiger charge is -2.27. The SMILES string of the molecule is CS(=O)(=O)N1CCC(n2ncc3c(-c4cccc5c4C=NC5)nc(N4CCOCC4)nc32)C1. The molecule has 0 bridgehead atoms. The number of rotatable bonds is 4. The monoisotopic (exact) mass is 467 g/mol. The summed E-state index contributed by atoms with van der Waals surface area (Å²) >= 11 is 0. The van der Waals surface area contributed by atoms with E-state index in [1.54, 1.807) is 0 Å². The van der Waals surface area contributed by atoms with Gasteiger partial charge in [-0.25, -0.2) is 18.1 Å². The lowest BCUT2D eigenvalue weighted by atomic mass is 9.99. The van der Waals surface area contributed by atoms with Crippen LogP contribution in [-0.4, -0.2) is 84.3 Å². The third kappa shape index (κ3) is 3.60. The minimum Gasteiger partial charge on any atom is -0.378 e. The first-order valence-corrected chi connectivity index (χ1v) is 13.0. The summed E-state index contributed by atoms with van der Waals surface area (Å²) in [6.07, 6.45) is 5.68. The van der Waals surface area contributed by atoms with Crippen LogP contribution in [0.5, 0.6) is 0 Å². The number of sulfonamides is 1. The maximum Gasteiger partial charge on any atom is 0.228 e. The minimum absolute atomic E-state index is 0.0689. The number of morpholine rings is 1. The summed E-state index contributed by atoms with van der Waals surface area (Å²) in [6, 6.07) is 6.13. The van der Waals surface area contributed by atoms with Crippen LogP contribution in [0.25, 0.3) is 22.3 Å². The predicted octanol–water partition coefficient (Wildman–Crippen LogP) is 1.47. The molecular formula is C22H25N7O3S. The Balaban J connectivity index is 1.51. The number of fused-ring (bicyclic) bond motifs is 2. The van der Waals surface area contributed by atoms with Crippen molar-refractivity contribution in [1.29, 1.82) is 0 Å². The van der Waals surface area contributed by atoms with Gasteiger partial charge < -0.3 is 9.64 Å². The van der Waals surface area contributed by atoms with Crippen molar-refractivity contribution in [2.24, 2.45) is 4.99 Å². The standard InChI is InChI=1S/C22H25N7O3S/c1-33(30,31)28-6-5-16(14-28)29-21-19(13-24-29)20(17-4-2-3-15-11-23-12-18(15)17)25-22(26-21)27-7-9-32-10-8-27/h2-4,12-13,16H,5-11,14H2,1H3. The van der Waals surface area contributed by atoms with E-state index in [1.165, 1.54) is 16.1 Å². The van der Waals surface area contributed by atoms with E-state index >= 15 is 0 Å². The molecule has 2 fully saturated rings. The third-order valence-corrected chi connectivity index (χ3v) is 7.88. The Hall–Kier alpha value is -2.89. The highest BCUT2D eigenvalue weighted by atomic mass is 32.2. The highest BCUT2D eigenvalue weighted by Gasteiger charge is 2.32. The molecule has 2 aromatic heterocycles. The largest absolute Gasteiger partial charge is 0.378 e. The van der Waals surface area contributed by atoms with Gasteiger partial charge in [-0.15, -0.1) is 0 Å².